The van der Waals surface area contributed by atoms with Crippen molar-refractivity contribution < 1.29 is 23.4 Å². The van der Waals surface area contributed by atoms with E-state index in [4.69, 9.17) is 24.2 Å². The van der Waals surface area contributed by atoms with Crippen LogP contribution >= 0.6 is 0 Å². The number of anilines is 2. The van der Waals surface area contributed by atoms with E-state index in [0.717, 1.165) is 36.5 Å². The molecule has 0 bridgehead atoms. The molecule has 5 rings (SSSR count). The molecule has 3 aliphatic rings. The maximum Gasteiger partial charge on any atom is 0.410 e. The first-order valence-corrected chi connectivity index (χ1v) is 15.0. The van der Waals surface area contributed by atoms with Crippen molar-refractivity contribution in [2.75, 3.05) is 63.3 Å². The van der Waals surface area contributed by atoms with Crippen LogP contribution < -0.4 is 19.3 Å². The normalized spacial score (nSPS) is 20.9. The first kappa shape index (κ1) is 30.6. The van der Waals surface area contributed by atoms with Crippen molar-refractivity contribution in [2.24, 2.45) is 0 Å². The van der Waals surface area contributed by atoms with Gasteiger partial charge in [0.15, 0.2) is 11.6 Å². The average molecular weight is 596 g/mol. The fraction of sp³-hybridized carbons (Fsp3) is 0.613. The fourth-order valence-electron chi connectivity index (χ4n) is 6.07. The number of hydrogen-bond acceptors (Lipinski definition) is 10. The van der Waals surface area contributed by atoms with E-state index in [1.54, 1.807) is 23.1 Å². The third-order valence-electron chi connectivity index (χ3n) is 8.34. The van der Waals surface area contributed by atoms with Crippen LogP contribution in [0.3, 0.4) is 0 Å². The van der Waals surface area contributed by atoms with Gasteiger partial charge in [0.1, 0.15) is 18.0 Å². The summed E-state index contributed by atoms with van der Waals surface area (Å²) in [6.07, 6.45) is 2.53. The third kappa shape index (κ3) is 6.88. The van der Waals surface area contributed by atoms with Crippen LogP contribution in [0.25, 0.3) is 0 Å². The van der Waals surface area contributed by atoms with E-state index in [1.165, 1.54) is 7.11 Å². The van der Waals surface area contributed by atoms with Crippen molar-refractivity contribution in [1.29, 1.82) is 5.26 Å². The Bertz CT molecular complexity index is 1360. The molecular formula is C31H42FN7O4. The number of carbonyl (C=O) groups is 1. The van der Waals surface area contributed by atoms with E-state index in [-0.39, 0.29) is 24.2 Å². The molecule has 2 saturated heterocycles. The lowest BCUT2D eigenvalue weighted by Crippen LogP contribution is -2.56. The Hall–Kier alpha value is -3.85. The van der Waals surface area contributed by atoms with Crippen LogP contribution in [0, 0.1) is 17.1 Å². The Morgan fingerprint density at radius 1 is 1.14 bits per heavy atom. The maximum absolute atomic E-state index is 15.2. The average Bonchev–Trinajstić information content (AvgIpc) is 3.39. The Morgan fingerprint density at radius 3 is 2.65 bits per heavy atom. The lowest BCUT2D eigenvalue weighted by molar-refractivity contribution is 0.0144. The molecule has 1 aromatic carbocycles. The lowest BCUT2D eigenvalue weighted by atomic mass is 10.0. The number of methoxy groups -OCH3 is 1. The van der Waals surface area contributed by atoms with Gasteiger partial charge in [0.2, 0.25) is 0 Å². The second-order valence-corrected chi connectivity index (χ2v) is 12.4. The summed E-state index contributed by atoms with van der Waals surface area (Å²) in [4.78, 5) is 30.8. The zero-order valence-corrected chi connectivity index (χ0v) is 25.8. The van der Waals surface area contributed by atoms with Gasteiger partial charge in [-0.2, -0.15) is 15.2 Å². The molecule has 0 N–H and O–H groups in total. The van der Waals surface area contributed by atoms with E-state index >= 15 is 4.39 Å². The standard InChI is InChI=1S/C31H42FN7O4/c1-31(2,3)43-30(40)39-17-16-38(18-21(39)11-13-33)28-23-12-15-37(25-9-6-10-26(41-5)27(25)32)19-24(23)34-29(35-28)42-20-22-8-7-14-36(22)4/h6,9-10,21-22H,7-8,11-12,14-20H2,1-5H3/t21?,22-/m0/s1. The Balaban J connectivity index is 1.44. The van der Waals surface area contributed by atoms with Gasteiger partial charge in [-0.1, -0.05) is 6.07 Å². The predicted molar refractivity (Wildman–Crippen MR) is 160 cm³/mol. The lowest BCUT2D eigenvalue weighted by Gasteiger charge is -2.42. The van der Waals surface area contributed by atoms with E-state index in [2.05, 4.69) is 22.9 Å². The molecule has 2 atom stereocenters. The van der Waals surface area contributed by atoms with Crippen molar-refractivity contribution in [3.8, 4) is 17.8 Å². The van der Waals surface area contributed by atoms with Gasteiger partial charge in [-0.25, -0.2) is 9.18 Å². The molecule has 1 aromatic heterocycles. The van der Waals surface area contributed by atoms with Gasteiger partial charge in [-0.05, 0) is 65.8 Å². The highest BCUT2D eigenvalue weighted by atomic mass is 19.1. The Morgan fingerprint density at radius 2 is 1.95 bits per heavy atom. The summed E-state index contributed by atoms with van der Waals surface area (Å²) in [6, 6.07) is 7.60. The molecule has 2 fully saturated rings. The number of ether oxygens (including phenoxy) is 3. The molecule has 1 unspecified atom stereocenters. The third-order valence-corrected chi connectivity index (χ3v) is 8.34. The molecule has 11 nitrogen and oxygen atoms in total. The molecular weight excluding hydrogens is 553 g/mol. The van der Waals surface area contributed by atoms with Crippen LogP contribution in [0.4, 0.5) is 20.7 Å². The summed E-state index contributed by atoms with van der Waals surface area (Å²) in [6.45, 7) is 9.30. The quantitative estimate of drug-likeness (QED) is 0.466. The van der Waals surface area contributed by atoms with Crippen LogP contribution in [0.1, 0.15) is 51.3 Å². The number of nitriles is 1. The second kappa shape index (κ2) is 12.8. The molecule has 12 heteroatoms. The number of nitrogens with zero attached hydrogens (tertiary/aromatic N) is 7. The molecule has 0 spiro atoms. The summed E-state index contributed by atoms with van der Waals surface area (Å²) in [5.74, 6) is 0.543. The zero-order chi connectivity index (χ0) is 30.7. The number of likely N-dealkylation sites (tertiary alicyclic amines) is 1. The molecule has 1 amide bonds. The number of aromatic nitrogens is 2. The second-order valence-electron chi connectivity index (χ2n) is 12.4. The van der Waals surface area contributed by atoms with Gasteiger partial charge in [-0.15, -0.1) is 0 Å². The van der Waals surface area contributed by atoms with Crippen LogP contribution in [0.2, 0.25) is 0 Å². The number of carbonyl (C=O) groups excluding carboxylic acids is 1. The first-order chi connectivity index (χ1) is 20.6. The van der Waals surface area contributed by atoms with Gasteiger partial charge in [-0.3, -0.25) is 0 Å². The highest BCUT2D eigenvalue weighted by Gasteiger charge is 2.36. The number of likely N-dealkylation sites (N-methyl/N-ethyl adjacent to an activating group) is 1. The van der Waals surface area contributed by atoms with Crippen LogP contribution in [-0.4, -0.2) is 97.0 Å². The molecule has 0 saturated carbocycles. The smallest absolute Gasteiger partial charge is 0.410 e. The fourth-order valence-corrected chi connectivity index (χ4v) is 6.07. The Kier molecular flexibility index (Phi) is 9.11. The topological polar surface area (TPSA) is 107 Å². The van der Waals surface area contributed by atoms with Gasteiger partial charge in [0, 0.05) is 37.8 Å². The molecule has 3 aliphatic heterocycles. The largest absolute Gasteiger partial charge is 0.494 e. The van der Waals surface area contributed by atoms with Crippen LogP contribution in [0.15, 0.2) is 18.2 Å². The van der Waals surface area contributed by atoms with Crippen molar-refractivity contribution in [1.82, 2.24) is 19.8 Å². The highest BCUT2D eigenvalue weighted by molar-refractivity contribution is 5.69. The minimum atomic E-state index is -0.634. The summed E-state index contributed by atoms with van der Waals surface area (Å²) < 4.78 is 32.3. The number of piperazine rings is 1. The minimum Gasteiger partial charge on any atom is -0.494 e. The summed E-state index contributed by atoms with van der Waals surface area (Å²) in [5, 5.41) is 9.59. The Labute approximate surface area is 253 Å². The first-order valence-electron chi connectivity index (χ1n) is 15.0. The van der Waals surface area contributed by atoms with Crippen molar-refractivity contribution in [3.05, 3.63) is 35.3 Å². The molecule has 232 valence electrons. The predicted octanol–water partition coefficient (Wildman–Crippen LogP) is 4.00. The molecule has 0 radical (unpaired) electrons. The minimum absolute atomic E-state index is 0.170. The zero-order valence-electron chi connectivity index (χ0n) is 25.8. The van der Waals surface area contributed by atoms with Crippen LogP contribution in [0.5, 0.6) is 11.8 Å². The monoisotopic (exact) mass is 595 g/mol. The van der Waals surface area contributed by atoms with Crippen LogP contribution in [-0.2, 0) is 17.7 Å². The number of fused-ring (bicyclic) bond motifs is 1. The molecule has 2 aromatic rings. The number of halogens is 1. The SMILES string of the molecule is COc1cccc(N2CCc3c(nc(OC[C@@H]4CCCN4C)nc3N3CCN(C(=O)OC(C)(C)C)C(CC#N)C3)C2)c1F. The molecule has 4 heterocycles. The van der Waals surface area contributed by atoms with Gasteiger partial charge in [0.05, 0.1) is 43.6 Å². The van der Waals surface area contributed by atoms with Gasteiger partial charge in [0.25, 0.3) is 0 Å². The number of hydrogen-bond donors (Lipinski definition) is 0. The van der Waals surface area contributed by atoms with Crippen molar-refractivity contribution in [2.45, 2.75) is 70.7 Å². The maximum atomic E-state index is 15.2. The van der Waals surface area contributed by atoms with Gasteiger partial charge < -0.3 is 33.8 Å². The summed E-state index contributed by atoms with van der Waals surface area (Å²) in [5.41, 5.74) is 1.58. The number of benzene rings is 1. The summed E-state index contributed by atoms with van der Waals surface area (Å²) >= 11 is 0. The number of amides is 1. The van der Waals surface area contributed by atoms with E-state index < -0.39 is 17.5 Å². The van der Waals surface area contributed by atoms with E-state index in [9.17, 15) is 10.1 Å². The number of rotatable bonds is 7. The summed E-state index contributed by atoms with van der Waals surface area (Å²) in [7, 11) is 3.56. The van der Waals surface area contributed by atoms with Gasteiger partial charge >= 0.3 is 12.1 Å². The molecule has 0 aliphatic carbocycles. The molecule has 43 heavy (non-hydrogen) atoms. The van der Waals surface area contributed by atoms with E-state index in [0.29, 0.717) is 57.5 Å². The van der Waals surface area contributed by atoms with E-state index in [1.807, 2.05) is 25.7 Å². The van der Waals surface area contributed by atoms with Crippen molar-refractivity contribution >= 4 is 17.6 Å². The van der Waals surface area contributed by atoms with Crippen molar-refractivity contribution in [3.63, 3.8) is 0 Å². The highest BCUT2D eigenvalue weighted by Crippen LogP contribution is 2.35.